The highest BCUT2D eigenvalue weighted by Crippen LogP contribution is 2.13. The minimum absolute atomic E-state index is 0.620. The van der Waals surface area contributed by atoms with E-state index in [-0.39, 0.29) is 0 Å². The Kier molecular flexibility index (Phi) is 3.24. The second-order valence-electron chi connectivity index (χ2n) is 2.37. The van der Waals surface area contributed by atoms with Crippen molar-refractivity contribution in [1.82, 2.24) is 0 Å². The van der Waals surface area contributed by atoms with Crippen LogP contribution in [0.5, 0.6) is 0 Å². The second kappa shape index (κ2) is 3.30. The molecular weight excluding hydrogens is 136 g/mol. The third kappa shape index (κ3) is 1.91. The molecule has 0 spiro atoms. The van der Waals surface area contributed by atoms with E-state index in [9.17, 15) is 0 Å². The van der Waals surface area contributed by atoms with Gasteiger partial charge < -0.3 is 20.4 Å². The second-order valence-corrected chi connectivity index (χ2v) is 2.37. The van der Waals surface area contributed by atoms with Gasteiger partial charge >= 0.3 is 0 Å². The number of rotatable bonds is 3. The molecule has 0 fully saturated rings. The highest BCUT2D eigenvalue weighted by molar-refractivity contribution is 4.93. The van der Waals surface area contributed by atoms with Crippen molar-refractivity contribution in [1.29, 1.82) is 0 Å². The SMILES string of the molecule is [CH2]C(O)(C(C)O)C(O)CO. The zero-order valence-corrected chi connectivity index (χ0v) is 5.86. The first kappa shape index (κ1) is 9.84. The molecule has 0 aliphatic heterocycles. The summed E-state index contributed by atoms with van der Waals surface area (Å²) in [5.41, 5.74) is -1.88. The maximum absolute atomic E-state index is 9.09. The van der Waals surface area contributed by atoms with Crippen LogP contribution in [0, 0.1) is 6.92 Å². The Balaban J connectivity index is 4.09. The van der Waals surface area contributed by atoms with Crippen LogP contribution in [0.2, 0.25) is 0 Å². The lowest BCUT2D eigenvalue weighted by Crippen LogP contribution is -2.50. The van der Waals surface area contributed by atoms with Crippen molar-refractivity contribution >= 4 is 0 Å². The van der Waals surface area contributed by atoms with Crippen molar-refractivity contribution in [2.24, 2.45) is 0 Å². The van der Waals surface area contributed by atoms with Crippen molar-refractivity contribution < 1.29 is 20.4 Å². The zero-order chi connectivity index (χ0) is 8.36. The van der Waals surface area contributed by atoms with E-state index in [0.717, 1.165) is 0 Å². The summed E-state index contributed by atoms with van der Waals surface area (Å²) >= 11 is 0. The predicted molar refractivity (Wildman–Crippen MR) is 35.1 cm³/mol. The van der Waals surface area contributed by atoms with Gasteiger partial charge in [0.05, 0.1) is 12.7 Å². The minimum Gasteiger partial charge on any atom is -0.394 e. The molecule has 1 radical (unpaired) electrons. The van der Waals surface area contributed by atoms with E-state index in [2.05, 4.69) is 6.92 Å². The summed E-state index contributed by atoms with van der Waals surface area (Å²) in [6.07, 6.45) is -2.58. The fraction of sp³-hybridized carbons (Fsp3) is 0.833. The Morgan fingerprint density at radius 2 is 1.90 bits per heavy atom. The Morgan fingerprint density at radius 3 is 2.00 bits per heavy atom. The molecule has 4 nitrogen and oxygen atoms in total. The molecule has 3 atom stereocenters. The molecule has 0 aromatic heterocycles. The number of hydrogen-bond donors (Lipinski definition) is 4. The zero-order valence-electron chi connectivity index (χ0n) is 5.86. The Hall–Kier alpha value is -0.160. The summed E-state index contributed by atoms with van der Waals surface area (Å²) < 4.78 is 0. The van der Waals surface area contributed by atoms with Crippen LogP contribution in [0.25, 0.3) is 0 Å². The molecule has 0 aliphatic carbocycles. The number of hydrogen-bond acceptors (Lipinski definition) is 4. The molecule has 4 N–H and O–H groups in total. The standard InChI is InChI=1S/C6H13O4/c1-4(8)6(2,10)5(9)3-7/h4-5,7-10H,2-3H2,1H3. The van der Waals surface area contributed by atoms with Crippen LogP contribution >= 0.6 is 0 Å². The Morgan fingerprint density at radius 1 is 1.50 bits per heavy atom. The van der Waals surface area contributed by atoms with Gasteiger partial charge in [-0.15, -0.1) is 0 Å². The van der Waals surface area contributed by atoms with Gasteiger partial charge in [0.25, 0.3) is 0 Å². The molecule has 0 saturated carbocycles. The maximum Gasteiger partial charge on any atom is 0.118 e. The molecule has 0 heterocycles. The molecule has 4 heteroatoms. The van der Waals surface area contributed by atoms with E-state index >= 15 is 0 Å². The van der Waals surface area contributed by atoms with E-state index in [0.29, 0.717) is 0 Å². The van der Waals surface area contributed by atoms with E-state index in [1.807, 2.05) is 0 Å². The minimum atomic E-state index is -1.88. The van der Waals surface area contributed by atoms with Crippen LogP contribution in [-0.2, 0) is 0 Å². The van der Waals surface area contributed by atoms with E-state index in [1.54, 1.807) is 0 Å². The largest absolute Gasteiger partial charge is 0.394 e. The van der Waals surface area contributed by atoms with E-state index < -0.39 is 24.4 Å². The average Bonchev–Trinajstić information content (AvgIpc) is 1.86. The molecule has 0 bridgehead atoms. The van der Waals surface area contributed by atoms with Crippen LogP contribution in [0.1, 0.15) is 6.92 Å². The molecule has 0 aromatic rings. The van der Waals surface area contributed by atoms with Crippen molar-refractivity contribution in [2.45, 2.75) is 24.7 Å². The molecule has 0 amide bonds. The van der Waals surface area contributed by atoms with Gasteiger partial charge in [0.2, 0.25) is 0 Å². The first-order chi connectivity index (χ1) is 4.42. The highest BCUT2D eigenvalue weighted by atomic mass is 16.4. The van der Waals surface area contributed by atoms with Crippen LogP contribution < -0.4 is 0 Å². The van der Waals surface area contributed by atoms with Crippen LogP contribution in [0.4, 0.5) is 0 Å². The third-order valence-electron chi connectivity index (χ3n) is 1.47. The van der Waals surface area contributed by atoms with Gasteiger partial charge in [-0.3, -0.25) is 0 Å². The summed E-state index contributed by atoms with van der Waals surface area (Å²) in [4.78, 5) is 0. The predicted octanol–water partition coefficient (Wildman–Crippen LogP) is -1.71. The lowest BCUT2D eigenvalue weighted by Gasteiger charge is -2.30. The highest BCUT2D eigenvalue weighted by Gasteiger charge is 2.34. The molecule has 61 valence electrons. The molecule has 0 aromatic carbocycles. The fourth-order valence-corrected chi connectivity index (χ4v) is 0.437. The van der Waals surface area contributed by atoms with Crippen LogP contribution in [0.3, 0.4) is 0 Å². The molecule has 0 rings (SSSR count). The quantitative estimate of drug-likeness (QED) is 0.385. The number of aliphatic hydroxyl groups excluding tert-OH is 3. The van der Waals surface area contributed by atoms with Gasteiger partial charge in [-0.2, -0.15) is 0 Å². The van der Waals surface area contributed by atoms with E-state index in [4.69, 9.17) is 20.4 Å². The van der Waals surface area contributed by atoms with Gasteiger partial charge in [-0.1, -0.05) is 0 Å². The fourth-order valence-electron chi connectivity index (χ4n) is 0.437. The molecule has 0 saturated heterocycles. The summed E-state index contributed by atoms with van der Waals surface area (Å²) in [7, 11) is 0. The normalized spacial score (nSPS) is 23.4. The Bertz CT molecular complexity index is 99.9. The summed E-state index contributed by atoms with van der Waals surface area (Å²) in [6, 6.07) is 0. The summed E-state index contributed by atoms with van der Waals surface area (Å²) in [6.45, 7) is 3.80. The Labute approximate surface area is 59.7 Å². The van der Waals surface area contributed by atoms with Crippen molar-refractivity contribution in [2.75, 3.05) is 6.61 Å². The van der Waals surface area contributed by atoms with Crippen LogP contribution in [0.15, 0.2) is 0 Å². The number of aliphatic hydroxyl groups is 4. The third-order valence-corrected chi connectivity index (χ3v) is 1.47. The van der Waals surface area contributed by atoms with Gasteiger partial charge in [-0.05, 0) is 13.8 Å². The molecule has 0 aliphatic rings. The van der Waals surface area contributed by atoms with Gasteiger partial charge in [0, 0.05) is 0 Å². The average molecular weight is 149 g/mol. The first-order valence-corrected chi connectivity index (χ1v) is 2.97. The van der Waals surface area contributed by atoms with Gasteiger partial charge in [0.15, 0.2) is 0 Å². The molecule has 10 heavy (non-hydrogen) atoms. The van der Waals surface area contributed by atoms with E-state index in [1.165, 1.54) is 6.92 Å². The smallest absolute Gasteiger partial charge is 0.118 e. The molecular formula is C6H13O4. The first-order valence-electron chi connectivity index (χ1n) is 2.97. The van der Waals surface area contributed by atoms with Crippen molar-refractivity contribution in [3.63, 3.8) is 0 Å². The van der Waals surface area contributed by atoms with Gasteiger partial charge in [-0.25, -0.2) is 0 Å². The molecule has 3 unspecified atom stereocenters. The van der Waals surface area contributed by atoms with Crippen LogP contribution in [-0.4, -0.2) is 44.8 Å². The maximum atomic E-state index is 9.09. The monoisotopic (exact) mass is 149 g/mol. The topological polar surface area (TPSA) is 80.9 Å². The summed E-state index contributed by atoms with van der Waals surface area (Å²) in [5, 5.41) is 35.1. The van der Waals surface area contributed by atoms with Crippen molar-refractivity contribution in [3.8, 4) is 0 Å². The lowest BCUT2D eigenvalue weighted by atomic mass is 9.94. The van der Waals surface area contributed by atoms with Crippen molar-refractivity contribution in [3.05, 3.63) is 6.92 Å². The van der Waals surface area contributed by atoms with Gasteiger partial charge in [0.1, 0.15) is 11.7 Å². The summed E-state index contributed by atoms with van der Waals surface area (Å²) in [5.74, 6) is 0. The lowest BCUT2D eigenvalue weighted by molar-refractivity contribution is -0.123.